The zero-order valence-corrected chi connectivity index (χ0v) is 13.3. The minimum absolute atomic E-state index is 0.0230. The molecule has 4 aliphatic rings. The van der Waals surface area contributed by atoms with E-state index in [-0.39, 0.29) is 17.5 Å². The van der Waals surface area contributed by atoms with Gasteiger partial charge in [0.2, 0.25) is 0 Å². The monoisotopic (exact) mass is 291 g/mol. The number of hydrogen-bond acceptors (Lipinski definition) is 3. The van der Waals surface area contributed by atoms with Crippen LogP contribution in [0.3, 0.4) is 0 Å². The minimum atomic E-state index is -0.0884. The van der Waals surface area contributed by atoms with Gasteiger partial charge < -0.3 is 10.1 Å². The number of ether oxygens (including phenoxy) is 1. The summed E-state index contributed by atoms with van der Waals surface area (Å²) in [5.41, 5.74) is -0.0884. The Morgan fingerprint density at radius 2 is 1.95 bits per heavy atom. The molecular formula is C18H29NO2. The molecule has 4 rings (SSSR count). The van der Waals surface area contributed by atoms with Crippen LogP contribution in [0.1, 0.15) is 64.7 Å². The number of carbonyl (C=O) groups is 1. The number of hydrogen-bond donors (Lipinski definition) is 1. The highest BCUT2D eigenvalue weighted by Gasteiger charge is 2.54. The molecule has 0 aromatic heterocycles. The zero-order valence-electron chi connectivity index (χ0n) is 13.3. The van der Waals surface area contributed by atoms with Gasteiger partial charge in [-0.25, -0.2) is 0 Å². The van der Waals surface area contributed by atoms with Crippen molar-refractivity contribution in [3.8, 4) is 0 Å². The van der Waals surface area contributed by atoms with Gasteiger partial charge in [-0.3, -0.25) is 4.79 Å². The molecule has 1 aliphatic heterocycles. The molecule has 1 N–H and O–H groups in total. The Hall–Kier alpha value is -0.570. The molecule has 5 atom stereocenters. The number of nitrogens with one attached hydrogen (secondary N) is 1. The molecule has 0 aromatic carbocycles. The third-order valence-electron chi connectivity index (χ3n) is 7.00. The third-order valence-corrected chi connectivity index (χ3v) is 7.00. The maximum absolute atomic E-state index is 12.6. The van der Waals surface area contributed by atoms with E-state index in [4.69, 9.17) is 4.74 Å². The molecule has 0 amide bonds. The number of esters is 1. The van der Waals surface area contributed by atoms with Gasteiger partial charge in [-0.15, -0.1) is 0 Å². The Bertz CT molecular complexity index is 411. The van der Waals surface area contributed by atoms with Crippen LogP contribution in [0.5, 0.6) is 0 Å². The van der Waals surface area contributed by atoms with E-state index in [2.05, 4.69) is 5.32 Å². The normalized spacial score (nSPS) is 41.8. The lowest BCUT2D eigenvalue weighted by atomic mass is 9.75. The summed E-state index contributed by atoms with van der Waals surface area (Å²) in [4.78, 5) is 12.6. The van der Waals surface area contributed by atoms with Gasteiger partial charge in [0.05, 0.1) is 5.92 Å². The lowest BCUT2D eigenvalue weighted by Gasteiger charge is -2.41. The predicted octanol–water partition coefficient (Wildman–Crippen LogP) is 3.28. The van der Waals surface area contributed by atoms with Crippen LogP contribution >= 0.6 is 0 Å². The first-order chi connectivity index (χ1) is 10.2. The smallest absolute Gasteiger partial charge is 0.310 e. The van der Waals surface area contributed by atoms with Gasteiger partial charge in [0, 0.05) is 12.0 Å². The summed E-state index contributed by atoms with van der Waals surface area (Å²) < 4.78 is 6.28. The fourth-order valence-electron chi connectivity index (χ4n) is 5.61. The molecule has 2 bridgehead atoms. The van der Waals surface area contributed by atoms with Crippen molar-refractivity contribution in [2.75, 3.05) is 6.54 Å². The van der Waals surface area contributed by atoms with Crippen LogP contribution in [0, 0.1) is 23.7 Å². The van der Waals surface area contributed by atoms with Crippen LogP contribution in [0.25, 0.3) is 0 Å². The van der Waals surface area contributed by atoms with Crippen molar-refractivity contribution in [1.82, 2.24) is 5.32 Å². The van der Waals surface area contributed by atoms with E-state index >= 15 is 0 Å². The summed E-state index contributed by atoms with van der Waals surface area (Å²) in [6.07, 6.45) is 11.4. The molecule has 21 heavy (non-hydrogen) atoms. The highest BCUT2D eigenvalue weighted by Crippen LogP contribution is 2.57. The molecule has 3 nitrogen and oxygen atoms in total. The van der Waals surface area contributed by atoms with E-state index in [0.717, 1.165) is 37.6 Å². The van der Waals surface area contributed by atoms with E-state index in [1.807, 2.05) is 6.92 Å². The van der Waals surface area contributed by atoms with Crippen molar-refractivity contribution in [2.45, 2.75) is 76.4 Å². The van der Waals surface area contributed by atoms with Crippen LogP contribution in [0.4, 0.5) is 0 Å². The molecule has 1 saturated heterocycles. The minimum Gasteiger partial charge on any atom is -0.459 e. The van der Waals surface area contributed by atoms with E-state index in [9.17, 15) is 4.79 Å². The summed E-state index contributed by atoms with van der Waals surface area (Å²) in [5.74, 6) is 2.54. The third kappa shape index (κ3) is 2.32. The number of fused-ring (bicyclic) bond motifs is 2. The van der Waals surface area contributed by atoms with Crippen LogP contribution in [-0.4, -0.2) is 24.2 Å². The van der Waals surface area contributed by atoms with Gasteiger partial charge in [0.25, 0.3) is 0 Å². The van der Waals surface area contributed by atoms with Crippen molar-refractivity contribution >= 4 is 5.97 Å². The van der Waals surface area contributed by atoms with Crippen molar-refractivity contribution in [1.29, 1.82) is 0 Å². The molecule has 3 heteroatoms. The molecule has 3 saturated carbocycles. The average molecular weight is 291 g/mol. The van der Waals surface area contributed by atoms with Crippen molar-refractivity contribution < 1.29 is 9.53 Å². The lowest BCUT2D eigenvalue weighted by molar-refractivity contribution is -0.174. The molecule has 5 unspecified atom stereocenters. The summed E-state index contributed by atoms with van der Waals surface area (Å²) in [7, 11) is 0. The largest absolute Gasteiger partial charge is 0.459 e. The van der Waals surface area contributed by atoms with Gasteiger partial charge in [-0.2, -0.15) is 0 Å². The highest BCUT2D eigenvalue weighted by atomic mass is 16.6. The molecule has 0 spiro atoms. The van der Waals surface area contributed by atoms with Crippen LogP contribution in [0.2, 0.25) is 0 Å². The van der Waals surface area contributed by atoms with Crippen LogP contribution < -0.4 is 5.32 Å². The first-order valence-corrected chi connectivity index (χ1v) is 9.14. The van der Waals surface area contributed by atoms with Gasteiger partial charge in [-0.05, 0) is 69.7 Å². The second-order valence-electron chi connectivity index (χ2n) is 8.11. The Kier molecular flexibility index (Phi) is 3.52. The second-order valence-corrected chi connectivity index (χ2v) is 8.11. The maximum Gasteiger partial charge on any atom is 0.310 e. The first-order valence-electron chi connectivity index (χ1n) is 9.14. The van der Waals surface area contributed by atoms with Gasteiger partial charge in [0.1, 0.15) is 5.60 Å². The molecule has 0 aromatic rings. The number of carbonyl (C=O) groups excluding carboxylic acids is 1. The summed E-state index contributed by atoms with van der Waals surface area (Å²) in [5, 5.41) is 3.36. The second kappa shape index (κ2) is 5.26. The van der Waals surface area contributed by atoms with Gasteiger partial charge in [0.15, 0.2) is 0 Å². The Morgan fingerprint density at radius 1 is 1.19 bits per heavy atom. The fraction of sp³-hybridized carbons (Fsp3) is 0.944. The summed E-state index contributed by atoms with van der Waals surface area (Å²) in [6, 6.07) is 0.357. The van der Waals surface area contributed by atoms with Crippen LogP contribution in [-0.2, 0) is 9.53 Å². The van der Waals surface area contributed by atoms with E-state index in [0.29, 0.717) is 12.0 Å². The number of rotatable bonds is 4. The zero-order chi connectivity index (χ0) is 14.4. The topological polar surface area (TPSA) is 38.3 Å². The predicted molar refractivity (Wildman–Crippen MR) is 81.8 cm³/mol. The van der Waals surface area contributed by atoms with Crippen molar-refractivity contribution in [3.63, 3.8) is 0 Å². The lowest BCUT2D eigenvalue weighted by Crippen LogP contribution is -2.52. The Balaban J connectivity index is 1.47. The molecule has 3 aliphatic carbocycles. The average Bonchev–Trinajstić information content (AvgIpc) is 3.12. The van der Waals surface area contributed by atoms with Crippen molar-refractivity contribution in [2.24, 2.45) is 23.7 Å². The quantitative estimate of drug-likeness (QED) is 0.808. The standard InChI is InChI=1S/C18H29NO2/c1-12(16-6-9-19-16)17(20)21-18(7-2-3-8-18)15-11-13-4-5-14(15)10-13/h12-16,19H,2-11H2,1H3. The fourth-order valence-corrected chi connectivity index (χ4v) is 5.61. The SMILES string of the molecule is CC(C(=O)OC1(C2CC3CCC2C3)CCCC1)C1CCN1. The van der Waals surface area contributed by atoms with E-state index in [1.54, 1.807) is 0 Å². The van der Waals surface area contributed by atoms with Crippen LogP contribution in [0.15, 0.2) is 0 Å². The Morgan fingerprint density at radius 3 is 2.48 bits per heavy atom. The summed E-state index contributed by atoms with van der Waals surface area (Å²) in [6.45, 7) is 3.10. The van der Waals surface area contributed by atoms with Gasteiger partial charge in [-0.1, -0.05) is 13.3 Å². The maximum atomic E-state index is 12.6. The van der Waals surface area contributed by atoms with E-state index in [1.165, 1.54) is 38.5 Å². The molecule has 118 valence electrons. The van der Waals surface area contributed by atoms with Crippen molar-refractivity contribution in [3.05, 3.63) is 0 Å². The Labute approximate surface area is 128 Å². The van der Waals surface area contributed by atoms with Gasteiger partial charge >= 0.3 is 5.97 Å². The first kappa shape index (κ1) is 14.0. The summed E-state index contributed by atoms with van der Waals surface area (Å²) >= 11 is 0. The molecule has 0 radical (unpaired) electrons. The highest BCUT2D eigenvalue weighted by molar-refractivity contribution is 5.73. The molecule has 1 heterocycles. The molecule has 4 fully saturated rings. The van der Waals surface area contributed by atoms with E-state index < -0.39 is 0 Å². The molecular weight excluding hydrogens is 262 g/mol.